The zero-order valence-corrected chi connectivity index (χ0v) is 7.92. The summed E-state index contributed by atoms with van der Waals surface area (Å²) >= 11 is 1.91. The molecule has 0 spiro atoms. The molecule has 1 aromatic rings. The second kappa shape index (κ2) is 3.37. The molecule has 70 valence electrons. The highest BCUT2D eigenvalue weighted by Gasteiger charge is 2.20. The van der Waals surface area contributed by atoms with Crippen molar-refractivity contribution in [1.82, 2.24) is 15.0 Å². The molecule has 1 aromatic heterocycles. The Balaban J connectivity index is 2.28. The molecule has 4 N–H and O–H groups in total. The summed E-state index contributed by atoms with van der Waals surface area (Å²) in [4.78, 5) is 11.9. The number of rotatable bonds is 1. The molecule has 0 amide bonds. The Bertz CT molecular complexity index is 290. The van der Waals surface area contributed by atoms with Gasteiger partial charge in [0.2, 0.25) is 11.9 Å². The van der Waals surface area contributed by atoms with Gasteiger partial charge < -0.3 is 11.5 Å². The molecule has 2 heterocycles. The van der Waals surface area contributed by atoms with Gasteiger partial charge in [-0.05, 0) is 12.2 Å². The molecular weight excluding hydrogens is 186 g/mol. The molecule has 1 saturated heterocycles. The lowest BCUT2D eigenvalue weighted by atomic mass is 10.1. The van der Waals surface area contributed by atoms with Gasteiger partial charge >= 0.3 is 0 Å². The van der Waals surface area contributed by atoms with Gasteiger partial charge in [-0.25, -0.2) is 0 Å². The second-order valence-corrected chi connectivity index (χ2v) is 4.12. The van der Waals surface area contributed by atoms with E-state index in [4.69, 9.17) is 11.5 Å². The van der Waals surface area contributed by atoms with E-state index in [0.717, 1.165) is 23.8 Å². The lowest BCUT2D eigenvalue weighted by Crippen LogP contribution is -2.10. The van der Waals surface area contributed by atoms with Crippen molar-refractivity contribution >= 4 is 23.7 Å². The summed E-state index contributed by atoms with van der Waals surface area (Å²) in [5.41, 5.74) is 11.0. The van der Waals surface area contributed by atoms with Crippen molar-refractivity contribution in [2.24, 2.45) is 0 Å². The zero-order chi connectivity index (χ0) is 9.26. The number of hydrogen-bond acceptors (Lipinski definition) is 6. The van der Waals surface area contributed by atoms with E-state index >= 15 is 0 Å². The number of nitrogen functional groups attached to an aromatic ring is 2. The standard InChI is InChI=1S/C7H11N5S/c8-6-10-5(11-7(9)12-6)4-1-2-13-3-4/h4H,1-3H2,(H4,8,9,10,11,12). The average molecular weight is 197 g/mol. The van der Waals surface area contributed by atoms with Crippen molar-refractivity contribution < 1.29 is 0 Å². The van der Waals surface area contributed by atoms with Crippen LogP contribution in [0.2, 0.25) is 0 Å². The van der Waals surface area contributed by atoms with Crippen molar-refractivity contribution in [3.8, 4) is 0 Å². The van der Waals surface area contributed by atoms with Crippen molar-refractivity contribution in [3.05, 3.63) is 5.82 Å². The largest absolute Gasteiger partial charge is 0.368 e. The van der Waals surface area contributed by atoms with Crippen LogP contribution in [-0.4, -0.2) is 26.5 Å². The number of nitrogens with two attached hydrogens (primary N) is 2. The van der Waals surface area contributed by atoms with E-state index in [2.05, 4.69) is 15.0 Å². The fourth-order valence-corrected chi connectivity index (χ4v) is 2.57. The second-order valence-electron chi connectivity index (χ2n) is 2.97. The van der Waals surface area contributed by atoms with Gasteiger partial charge in [0, 0.05) is 11.7 Å². The first-order valence-corrected chi connectivity index (χ1v) is 5.26. The Kier molecular flexibility index (Phi) is 2.22. The van der Waals surface area contributed by atoms with E-state index in [9.17, 15) is 0 Å². The number of thioether (sulfide) groups is 1. The topological polar surface area (TPSA) is 90.7 Å². The van der Waals surface area contributed by atoms with Crippen LogP contribution in [0.3, 0.4) is 0 Å². The first kappa shape index (κ1) is 8.55. The van der Waals surface area contributed by atoms with Crippen molar-refractivity contribution in [3.63, 3.8) is 0 Å². The van der Waals surface area contributed by atoms with Gasteiger partial charge in [0.05, 0.1) is 0 Å². The van der Waals surface area contributed by atoms with Crippen LogP contribution >= 0.6 is 11.8 Å². The van der Waals surface area contributed by atoms with Crippen LogP contribution in [0, 0.1) is 0 Å². The number of aromatic nitrogens is 3. The highest BCUT2D eigenvalue weighted by Crippen LogP contribution is 2.30. The molecule has 5 nitrogen and oxygen atoms in total. The number of nitrogens with zero attached hydrogens (tertiary/aromatic N) is 3. The van der Waals surface area contributed by atoms with Crippen LogP contribution in [0.1, 0.15) is 18.2 Å². The van der Waals surface area contributed by atoms with E-state index in [1.54, 1.807) is 0 Å². The van der Waals surface area contributed by atoms with Gasteiger partial charge in [-0.3, -0.25) is 0 Å². The quantitative estimate of drug-likeness (QED) is 0.671. The Morgan fingerprint density at radius 1 is 1.15 bits per heavy atom. The molecule has 6 heteroatoms. The van der Waals surface area contributed by atoms with E-state index < -0.39 is 0 Å². The highest BCUT2D eigenvalue weighted by atomic mass is 32.2. The van der Waals surface area contributed by atoms with Gasteiger partial charge in [0.25, 0.3) is 0 Å². The van der Waals surface area contributed by atoms with Crippen molar-refractivity contribution in [2.45, 2.75) is 12.3 Å². The van der Waals surface area contributed by atoms with Gasteiger partial charge in [-0.1, -0.05) is 0 Å². The predicted molar refractivity (Wildman–Crippen MR) is 53.3 cm³/mol. The maximum Gasteiger partial charge on any atom is 0.225 e. The van der Waals surface area contributed by atoms with Crippen LogP contribution < -0.4 is 11.5 Å². The molecule has 1 aliphatic rings. The summed E-state index contributed by atoms with van der Waals surface area (Å²) in [6.45, 7) is 0. The van der Waals surface area contributed by atoms with Gasteiger partial charge in [0.1, 0.15) is 5.82 Å². The molecule has 1 aliphatic heterocycles. The molecule has 2 rings (SSSR count). The third-order valence-corrected chi connectivity index (χ3v) is 3.14. The first-order chi connectivity index (χ1) is 6.25. The van der Waals surface area contributed by atoms with E-state index in [1.807, 2.05) is 11.8 Å². The fourth-order valence-electron chi connectivity index (χ4n) is 1.35. The predicted octanol–water partition coefficient (Wildman–Crippen LogP) is 0.256. The lowest BCUT2D eigenvalue weighted by molar-refractivity contribution is 0.713. The first-order valence-electron chi connectivity index (χ1n) is 4.10. The third-order valence-electron chi connectivity index (χ3n) is 1.98. The number of hydrogen-bond donors (Lipinski definition) is 2. The molecule has 0 radical (unpaired) electrons. The normalized spacial score (nSPS) is 22.0. The Labute approximate surface area is 80.3 Å². The van der Waals surface area contributed by atoms with Crippen LogP contribution in [0.5, 0.6) is 0 Å². The molecule has 1 unspecified atom stereocenters. The Hall–Kier alpha value is -1.04. The molecule has 0 bridgehead atoms. The minimum Gasteiger partial charge on any atom is -0.368 e. The maximum atomic E-state index is 5.48. The zero-order valence-electron chi connectivity index (χ0n) is 7.10. The summed E-state index contributed by atoms with van der Waals surface area (Å²) < 4.78 is 0. The average Bonchev–Trinajstić information content (AvgIpc) is 2.53. The summed E-state index contributed by atoms with van der Waals surface area (Å²) in [5, 5.41) is 0. The maximum absolute atomic E-state index is 5.48. The smallest absolute Gasteiger partial charge is 0.225 e. The van der Waals surface area contributed by atoms with Crippen LogP contribution in [0.4, 0.5) is 11.9 Å². The monoisotopic (exact) mass is 197 g/mol. The molecule has 13 heavy (non-hydrogen) atoms. The van der Waals surface area contributed by atoms with Crippen molar-refractivity contribution in [1.29, 1.82) is 0 Å². The van der Waals surface area contributed by atoms with Gasteiger partial charge in [-0.15, -0.1) is 0 Å². The van der Waals surface area contributed by atoms with Gasteiger partial charge in [0.15, 0.2) is 0 Å². The lowest BCUT2D eigenvalue weighted by Gasteiger charge is -2.06. The molecular formula is C7H11N5S. The molecule has 1 atom stereocenters. The van der Waals surface area contributed by atoms with E-state index in [1.165, 1.54) is 0 Å². The van der Waals surface area contributed by atoms with Crippen molar-refractivity contribution in [2.75, 3.05) is 23.0 Å². The van der Waals surface area contributed by atoms with Crippen LogP contribution in [-0.2, 0) is 0 Å². The van der Waals surface area contributed by atoms with E-state index in [-0.39, 0.29) is 11.9 Å². The minimum atomic E-state index is 0.222. The summed E-state index contributed by atoms with van der Waals surface area (Å²) in [6, 6.07) is 0. The Morgan fingerprint density at radius 2 is 1.85 bits per heavy atom. The fraction of sp³-hybridized carbons (Fsp3) is 0.571. The SMILES string of the molecule is Nc1nc(N)nc(C2CCSC2)n1. The third kappa shape index (κ3) is 1.82. The summed E-state index contributed by atoms with van der Waals surface area (Å²) in [6.07, 6.45) is 1.10. The summed E-state index contributed by atoms with van der Waals surface area (Å²) in [5.74, 6) is 3.81. The molecule has 0 aromatic carbocycles. The molecule has 0 saturated carbocycles. The minimum absolute atomic E-state index is 0.222. The van der Waals surface area contributed by atoms with Gasteiger partial charge in [-0.2, -0.15) is 26.7 Å². The van der Waals surface area contributed by atoms with E-state index in [0.29, 0.717) is 5.92 Å². The summed E-state index contributed by atoms with van der Waals surface area (Å²) in [7, 11) is 0. The number of anilines is 2. The van der Waals surface area contributed by atoms with Crippen LogP contribution in [0.15, 0.2) is 0 Å². The molecule has 1 fully saturated rings. The van der Waals surface area contributed by atoms with Crippen LogP contribution in [0.25, 0.3) is 0 Å². The molecule has 0 aliphatic carbocycles. The Morgan fingerprint density at radius 3 is 2.38 bits per heavy atom. The highest BCUT2D eigenvalue weighted by molar-refractivity contribution is 7.99.